The average Bonchev–Trinajstić information content (AvgIpc) is 3.41. The molecule has 3 heterocycles. The third-order valence-electron chi connectivity index (χ3n) is 7.49. The van der Waals surface area contributed by atoms with E-state index in [-0.39, 0.29) is 5.91 Å². The van der Waals surface area contributed by atoms with Crippen molar-refractivity contribution in [1.82, 2.24) is 24.9 Å². The maximum absolute atomic E-state index is 12.9. The maximum Gasteiger partial charge on any atom is 0.254 e. The molecular weight excluding hydrogens is 480 g/mol. The van der Waals surface area contributed by atoms with Gasteiger partial charge < -0.3 is 19.7 Å². The zero-order valence-corrected chi connectivity index (χ0v) is 21.6. The first-order chi connectivity index (χ1) is 18.7. The van der Waals surface area contributed by atoms with Crippen LogP contribution in [0.15, 0.2) is 54.7 Å². The third kappa shape index (κ3) is 4.93. The van der Waals surface area contributed by atoms with E-state index in [2.05, 4.69) is 37.4 Å². The van der Waals surface area contributed by atoms with Gasteiger partial charge in [0.05, 0.1) is 37.6 Å². The van der Waals surface area contributed by atoms with Gasteiger partial charge in [0.25, 0.3) is 5.91 Å². The van der Waals surface area contributed by atoms with Crippen molar-refractivity contribution in [1.29, 1.82) is 0 Å². The molecule has 196 valence electrons. The molecule has 0 atom stereocenters. The van der Waals surface area contributed by atoms with E-state index < -0.39 is 0 Å². The van der Waals surface area contributed by atoms with Crippen molar-refractivity contribution in [3.8, 4) is 16.9 Å². The number of rotatable bonds is 6. The molecule has 0 unspecified atom stereocenters. The van der Waals surface area contributed by atoms with Crippen LogP contribution in [0, 0.1) is 0 Å². The van der Waals surface area contributed by atoms with Gasteiger partial charge in [0.15, 0.2) is 0 Å². The smallest absolute Gasteiger partial charge is 0.254 e. The van der Waals surface area contributed by atoms with Crippen LogP contribution in [-0.2, 0) is 4.74 Å². The second-order valence-corrected chi connectivity index (χ2v) is 9.90. The second-order valence-electron chi connectivity index (χ2n) is 9.90. The van der Waals surface area contributed by atoms with Crippen molar-refractivity contribution >= 4 is 28.4 Å². The SMILES string of the molecule is COc1cc(C(=O)N2CCOCC2)ccc1Nc1cc(-c2ccc3nnn(C4CCCCC4)c3c2)ccn1. The summed E-state index contributed by atoms with van der Waals surface area (Å²) >= 11 is 0. The summed E-state index contributed by atoms with van der Waals surface area (Å²) in [6, 6.07) is 16.2. The maximum atomic E-state index is 12.9. The van der Waals surface area contributed by atoms with Crippen LogP contribution in [0.25, 0.3) is 22.2 Å². The lowest BCUT2D eigenvalue weighted by Crippen LogP contribution is -2.40. The lowest BCUT2D eigenvalue weighted by atomic mass is 9.95. The first kappa shape index (κ1) is 24.4. The van der Waals surface area contributed by atoms with Gasteiger partial charge in [-0.05, 0) is 66.4 Å². The zero-order chi connectivity index (χ0) is 25.9. The minimum atomic E-state index is -0.0179. The Morgan fingerprint density at radius 3 is 2.63 bits per heavy atom. The van der Waals surface area contributed by atoms with Gasteiger partial charge in [-0.3, -0.25) is 4.79 Å². The van der Waals surface area contributed by atoms with E-state index in [1.54, 1.807) is 19.4 Å². The molecule has 1 saturated heterocycles. The monoisotopic (exact) mass is 512 g/mol. The molecule has 2 aliphatic rings. The quantitative estimate of drug-likeness (QED) is 0.378. The molecule has 1 aliphatic heterocycles. The van der Waals surface area contributed by atoms with E-state index in [9.17, 15) is 4.79 Å². The van der Waals surface area contributed by atoms with Gasteiger partial charge in [0, 0.05) is 24.8 Å². The molecule has 1 aliphatic carbocycles. The van der Waals surface area contributed by atoms with Crippen LogP contribution in [0.2, 0.25) is 0 Å². The molecule has 9 heteroatoms. The molecule has 38 heavy (non-hydrogen) atoms. The van der Waals surface area contributed by atoms with Crippen LogP contribution in [0.3, 0.4) is 0 Å². The van der Waals surface area contributed by atoms with Crippen LogP contribution in [0.4, 0.5) is 11.5 Å². The molecule has 6 rings (SSSR count). The molecular formula is C29H32N6O3. The first-order valence-corrected chi connectivity index (χ1v) is 13.3. The van der Waals surface area contributed by atoms with E-state index >= 15 is 0 Å². The number of carbonyl (C=O) groups excluding carboxylic acids is 1. The van der Waals surface area contributed by atoms with E-state index in [1.165, 1.54) is 19.3 Å². The Balaban J connectivity index is 1.24. The largest absolute Gasteiger partial charge is 0.495 e. The number of pyridine rings is 1. The number of benzene rings is 2. The molecule has 1 saturated carbocycles. The highest BCUT2D eigenvalue weighted by atomic mass is 16.5. The number of carbonyl (C=O) groups is 1. The van der Waals surface area contributed by atoms with Crippen molar-refractivity contribution in [3.05, 3.63) is 60.3 Å². The summed E-state index contributed by atoms with van der Waals surface area (Å²) in [7, 11) is 1.60. The summed E-state index contributed by atoms with van der Waals surface area (Å²) in [4.78, 5) is 19.2. The number of morpholine rings is 1. The molecule has 9 nitrogen and oxygen atoms in total. The lowest BCUT2D eigenvalue weighted by molar-refractivity contribution is 0.0302. The highest BCUT2D eigenvalue weighted by molar-refractivity contribution is 5.95. The fourth-order valence-corrected chi connectivity index (χ4v) is 5.40. The number of anilines is 2. The van der Waals surface area contributed by atoms with Crippen LogP contribution in [0.5, 0.6) is 5.75 Å². The number of fused-ring (bicyclic) bond motifs is 1. The number of aromatic nitrogens is 4. The fraction of sp³-hybridized carbons (Fsp3) is 0.379. The van der Waals surface area contributed by atoms with E-state index in [0.29, 0.717) is 49.5 Å². The molecule has 2 aromatic carbocycles. The molecule has 1 N–H and O–H groups in total. The summed E-state index contributed by atoms with van der Waals surface area (Å²) in [5.41, 5.74) is 5.45. The zero-order valence-electron chi connectivity index (χ0n) is 21.6. The fourth-order valence-electron chi connectivity index (χ4n) is 5.40. The van der Waals surface area contributed by atoms with Gasteiger partial charge in [-0.25, -0.2) is 9.67 Å². The predicted molar refractivity (Wildman–Crippen MR) is 146 cm³/mol. The minimum absolute atomic E-state index is 0.0179. The van der Waals surface area contributed by atoms with Crippen LogP contribution >= 0.6 is 0 Å². The van der Waals surface area contributed by atoms with Crippen LogP contribution in [-0.4, -0.2) is 64.2 Å². The summed E-state index contributed by atoms with van der Waals surface area (Å²) in [6.45, 7) is 2.33. The summed E-state index contributed by atoms with van der Waals surface area (Å²) in [6.07, 6.45) is 7.91. The number of hydrogen-bond acceptors (Lipinski definition) is 7. The summed E-state index contributed by atoms with van der Waals surface area (Å²) < 4.78 is 13.1. The van der Waals surface area contributed by atoms with Crippen LogP contribution in [0.1, 0.15) is 48.5 Å². The van der Waals surface area contributed by atoms with Crippen LogP contribution < -0.4 is 10.1 Å². The van der Waals surface area contributed by atoms with Gasteiger partial charge in [0.1, 0.15) is 17.1 Å². The highest BCUT2D eigenvalue weighted by Crippen LogP contribution is 2.33. The van der Waals surface area contributed by atoms with E-state index in [0.717, 1.165) is 40.7 Å². The van der Waals surface area contributed by atoms with Crippen molar-refractivity contribution in [2.45, 2.75) is 38.1 Å². The van der Waals surface area contributed by atoms with Gasteiger partial charge in [-0.1, -0.05) is 30.5 Å². The lowest BCUT2D eigenvalue weighted by Gasteiger charge is -2.27. The first-order valence-electron chi connectivity index (χ1n) is 13.3. The number of hydrogen-bond donors (Lipinski definition) is 1. The Hall–Kier alpha value is -3.98. The molecule has 0 radical (unpaired) electrons. The van der Waals surface area contributed by atoms with Crippen molar-refractivity contribution < 1.29 is 14.3 Å². The Morgan fingerprint density at radius 2 is 1.82 bits per heavy atom. The third-order valence-corrected chi connectivity index (χ3v) is 7.49. The number of nitrogens with one attached hydrogen (secondary N) is 1. The van der Waals surface area contributed by atoms with Gasteiger partial charge >= 0.3 is 0 Å². The Bertz CT molecular complexity index is 1440. The van der Waals surface area contributed by atoms with Crippen molar-refractivity contribution in [3.63, 3.8) is 0 Å². The van der Waals surface area contributed by atoms with Crippen molar-refractivity contribution in [2.24, 2.45) is 0 Å². The normalized spacial score (nSPS) is 16.5. The predicted octanol–water partition coefficient (Wildman–Crippen LogP) is 5.22. The van der Waals surface area contributed by atoms with E-state index in [4.69, 9.17) is 9.47 Å². The molecule has 1 amide bonds. The molecule has 4 aromatic rings. The highest BCUT2D eigenvalue weighted by Gasteiger charge is 2.21. The Morgan fingerprint density at radius 1 is 1.00 bits per heavy atom. The molecule has 2 aromatic heterocycles. The summed E-state index contributed by atoms with van der Waals surface area (Å²) in [5, 5.41) is 12.3. The molecule has 0 bridgehead atoms. The minimum Gasteiger partial charge on any atom is -0.495 e. The molecule has 0 spiro atoms. The van der Waals surface area contributed by atoms with Gasteiger partial charge in [-0.15, -0.1) is 5.10 Å². The average molecular weight is 513 g/mol. The van der Waals surface area contributed by atoms with Gasteiger partial charge in [-0.2, -0.15) is 0 Å². The van der Waals surface area contributed by atoms with Crippen molar-refractivity contribution in [2.75, 3.05) is 38.7 Å². The number of ether oxygens (including phenoxy) is 2. The Labute approximate surface area is 221 Å². The number of nitrogens with zero attached hydrogens (tertiary/aromatic N) is 5. The Kier molecular flexibility index (Phi) is 6.92. The summed E-state index contributed by atoms with van der Waals surface area (Å²) in [5.74, 6) is 1.25. The van der Waals surface area contributed by atoms with Gasteiger partial charge in [0.2, 0.25) is 0 Å². The standard InChI is InChI=1S/C29H32N6O3/c1-37-27-18-22(29(36)34-13-15-38-16-14-34)8-10-25(27)31-28-19-21(11-12-30-28)20-7-9-24-26(17-20)35(33-32-24)23-5-3-2-4-6-23/h7-12,17-19,23H,2-6,13-16H2,1H3,(H,30,31). The second kappa shape index (κ2) is 10.8. The molecule has 2 fully saturated rings. The number of amides is 1. The topological polar surface area (TPSA) is 94.4 Å². The number of methoxy groups -OCH3 is 1. The van der Waals surface area contributed by atoms with E-state index in [1.807, 2.05) is 35.2 Å².